The molecule has 0 amide bonds. The lowest BCUT2D eigenvalue weighted by Gasteiger charge is -2.35. The zero-order chi connectivity index (χ0) is 13.7. The van der Waals surface area contributed by atoms with Gasteiger partial charge < -0.3 is 0 Å². The summed E-state index contributed by atoms with van der Waals surface area (Å²) < 4.78 is 1.34. The highest BCUT2D eigenvalue weighted by atomic mass is 35.5. The molecule has 2 unspecified atom stereocenters. The molecule has 19 heavy (non-hydrogen) atoms. The van der Waals surface area contributed by atoms with Crippen molar-refractivity contribution in [2.45, 2.75) is 32.6 Å². The van der Waals surface area contributed by atoms with Crippen LogP contribution in [0.25, 0.3) is 0 Å². The van der Waals surface area contributed by atoms with Crippen molar-refractivity contribution in [1.29, 1.82) is 0 Å². The molecule has 3 rings (SSSR count). The Labute approximate surface area is 127 Å². The summed E-state index contributed by atoms with van der Waals surface area (Å²) in [6.45, 7) is 1.98. The highest BCUT2D eigenvalue weighted by Gasteiger charge is 2.40. The topological polar surface area (TPSA) is 20.3 Å². The second-order valence-corrected chi connectivity index (χ2v) is 6.52. The van der Waals surface area contributed by atoms with E-state index in [-0.39, 0.29) is 11.8 Å². The van der Waals surface area contributed by atoms with Gasteiger partial charge in [0, 0.05) is 29.8 Å². The Bertz CT molecular complexity index is 547. The van der Waals surface area contributed by atoms with Gasteiger partial charge in [-0.25, -0.2) is 4.42 Å². The lowest BCUT2D eigenvalue weighted by molar-refractivity contribution is -0.126. The van der Waals surface area contributed by atoms with E-state index in [0.717, 1.165) is 36.0 Å². The maximum absolute atomic E-state index is 12.4. The van der Waals surface area contributed by atoms with Crippen LogP contribution in [0.4, 0.5) is 0 Å². The molecule has 0 spiro atoms. The first kappa shape index (κ1) is 13.5. The third-order valence-electron chi connectivity index (χ3n) is 4.20. The first-order valence-corrected chi connectivity index (χ1v) is 7.58. The number of hydrogen-bond donors (Lipinski definition) is 0. The minimum absolute atomic E-state index is 0.0277. The SMILES string of the molecule is CC1CC2=CN(Cl)C(Cl)=C(Cl)C3=C2C(CCC3)C1=O. The summed E-state index contributed by atoms with van der Waals surface area (Å²) in [5, 5.41) is 0.818. The van der Waals surface area contributed by atoms with Gasteiger partial charge in [0.1, 0.15) is 10.9 Å². The number of carbonyl (C=O) groups excluding carboxylic acids is 1. The van der Waals surface area contributed by atoms with Crippen LogP contribution >= 0.6 is 35.0 Å². The monoisotopic (exact) mass is 317 g/mol. The summed E-state index contributed by atoms with van der Waals surface area (Å²) >= 11 is 18.7. The Morgan fingerprint density at radius 2 is 2.11 bits per heavy atom. The number of hydrogen-bond acceptors (Lipinski definition) is 2. The van der Waals surface area contributed by atoms with Crippen molar-refractivity contribution in [3.8, 4) is 0 Å². The third kappa shape index (κ3) is 2.05. The van der Waals surface area contributed by atoms with E-state index in [4.69, 9.17) is 35.0 Å². The van der Waals surface area contributed by atoms with Crippen molar-refractivity contribution in [2.75, 3.05) is 0 Å². The van der Waals surface area contributed by atoms with Crippen LogP contribution in [0.2, 0.25) is 0 Å². The molecule has 2 nitrogen and oxygen atoms in total. The fraction of sp³-hybridized carbons (Fsp3) is 0.500. The molecule has 2 aliphatic carbocycles. The number of rotatable bonds is 0. The van der Waals surface area contributed by atoms with Crippen LogP contribution in [0.1, 0.15) is 32.6 Å². The first-order chi connectivity index (χ1) is 9.00. The molecule has 2 atom stereocenters. The summed E-state index contributed by atoms with van der Waals surface area (Å²) in [6.07, 6.45) is 5.27. The Balaban J connectivity index is 2.22. The second-order valence-electron chi connectivity index (χ2n) is 5.41. The molecule has 0 aromatic carbocycles. The van der Waals surface area contributed by atoms with Gasteiger partial charge in [-0.3, -0.25) is 4.79 Å². The molecule has 1 fully saturated rings. The Morgan fingerprint density at radius 3 is 2.84 bits per heavy atom. The van der Waals surface area contributed by atoms with Gasteiger partial charge in [-0.15, -0.1) is 0 Å². The van der Waals surface area contributed by atoms with E-state index >= 15 is 0 Å². The zero-order valence-corrected chi connectivity index (χ0v) is 12.8. The number of allylic oxidation sites excluding steroid dienone is 4. The number of Topliss-reactive ketones (excluding diaryl/α,β-unsaturated/α-hetero) is 1. The molecule has 102 valence electrons. The molecule has 0 N–H and O–H groups in total. The summed E-state index contributed by atoms with van der Waals surface area (Å²) in [6, 6.07) is 0. The average Bonchev–Trinajstić information content (AvgIpc) is 2.49. The van der Waals surface area contributed by atoms with Crippen molar-refractivity contribution in [3.63, 3.8) is 0 Å². The maximum Gasteiger partial charge on any atom is 0.143 e. The average molecular weight is 319 g/mol. The summed E-state index contributed by atoms with van der Waals surface area (Å²) in [5.74, 6) is 0.341. The van der Waals surface area contributed by atoms with Crippen molar-refractivity contribution >= 4 is 40.8 Å². The zero-order valence-electron chi connectivity index (χ0n) is 10.5. The molecule has 3 aliphatic rings. The highest BCUT2D eigenvalue weighted by Crippen LogP contribution is 2.48. The number of ketones is 1. The molecule has 0 bridgehead atoms. The minimum atomic E-state index is -0.0277. The van der Waals surface area contributed by atoms with Gasteiger partial charge in [0.05, 0.1) is 5.03 Å². The van der Waals surface area contributed by atoms with E-state index in [2.05, 4.69) is 0 Å². The third-order valence-corrected chi connectivity index (χ3v) is 5.43. The largest absolute Gasteiger partial charge is 0.299 e. The second kappa shape index (κ2) is 4.83. The highest BCUT2D eigenvalue weighted by molar-refractivity contribution is 6.42. The number of nitrogens with zero attached hydrogens (tertiary/aromatic N) is 1. The van der Waals surface area contributed by atoms with Crippen LogP contribution in [0, 0.1) is 11.8 Å². The van der Waals surface area contributed by atoms with Gasteiger partial charge in [0.25, 0.3) is 0 Å². The minimum Gasteiger partial charge on any atom is -0.299 e. The Hall–Kier alpha value is -0.440. The van der Waals surface area contributed by atoms with E-state index < -0.39 is 0 Å². The summed E-state index contributed by atoms with van der Waals surface area (Å²) in [7, 11) is 0. The van der Waals surface area contributed by atoms with E-state index in [0.29, 0.717) is 22.4 Å². The fourth-order valence-electron chi connectivity index (χ4n) is 3.32. The van der Waals surface area contributed by atoms with Gasteiger partial charge in [0.15, 0.2) is 0 Å². The lowest BCUT2D eigenvalue weighted by atomic mass is 9.68. The Morgan fingerprint density at radius 1 is 1.37 bits per heavy atom. The predicted molar refractivity (Wildman–Crippen MR) is 77.7 cm³/mol. The van der Waals surface area contributed by atoms with E-state index in [9.17, 15) is 4.79 Å². The molecule has 1 saturated carbocycles. The van der Waals surface area contributed by atoms with Gasteiger partial charge in [-0.05, 0) is 42.4 Å². The molecule has 5 heteroatoms. The van der Waals surface area contributed by atoms with Gasteiger partial charge in [0.2, 0.25) is 0 Å². The molecule has 0 aromatic heterocycles. The standard InChI is InChI=1S/C14H14Cl3NO/c1-7-5-8-6-18(17)14(16)12(15)9-3-2-4-10(11(8)9)13(7)19/h6-7,10H,2-5H2,1H3. The summed E-state index contributed by atoms with van der Waals surface area (Å²) in [5.41, 5.74) is 3.20. The predicted octanol–water partition coefficient (Wildman–Crippen LogP) is 4.69. The van der Waals surface area contributed by atoms with Gasteiger partial charge in [-0.2, -0.15) is 0 Å². The van der Waals surface area contributed by atoms with Crippen LogP contribution in [-0.4, -0.2) is 10.2 Å². The van der Waals surface area contributed by atoms with Crippen molar-refractivity contribution in [3.05, 3.63) is 33.1 Å². The lowest BCUT2D eigenvalue weighted by Crippen LogP contribution is -2.32. The number of carbonyl (C=O) groups is 1. The fourth-order valence-corrected chi connectivity index (χ4v) is 4.02. The van der Waals surface area contributed by atoms with Crippen LogP contribution in [0.3, 0.4) is 0 Å². The van der Waals surface area contributed by atoms with Crippen LogP contribution in [-0.2, 0) is 4.79 Å². The Kier molecular flexibility index (Phi) is 3.45. The van der Waals surface area contributed by atoms with Crippen LogP contribution < -0.4 is 0 Å². The smallest absolute Gasteiger partial charge is 0.143 e. The van der Waals surface area contributed by atoms with Crippen molar-refractivity contribution < 1.29 is 4.79 Å². The van der Waals surface area contributed by atoms with Crippen molar-refractivity contribution in [1.82, 2.24) is 4.42 Å². The molecule has 1 heterocycles. The van der Waals surface area contributed by atoms with E-state index in [1.807, 2.05) is 13.1 Å². The molecule has 0 radical (unpaired) electrons. The number of halogens is 3. The molecular formula is C14H14Cl3NO. The molecule has 1 aliphatic heterocycles. The molecule has 0 saturated heterocycles. The van der Waals surface area contributed by atoms with Crippen molar-refractivity contribution in [2.24, 2.45) is 11.8 Å². The van der Waals surface area contributed by atoms with Crippen LogP contribution in [0.5, 0.6) is 0 Å². The first-order valence-electron chi connectivity index (χ1n) is 6.49. The van der Waals surface area contributed by atoms with Gasteiger partial charge in [-0.1, -0.05) is 30.1 Å². The maximum atomic E-state index is 12.4. The normalized spacial score (nSPS) is 31.3. The quantitative estimate of drug-likeness (QED) is 0.477. The van der Waals surface area contributed by atoms with Crippen LogP contribution in [0.15, 0.2) is 33.1 Å². The molecule has 0 aromatic rings. The summed E-state index contributed by atoms with van der Waals surface area (Å²) in [4.78, 5) is 12.4. The van der Waals surface area contributed by atoms with Gasteiger partial charge >= 0.3 is 0 Å². The van der Waals surface area contributed by atoms with E-state index in [1.165, 1.54) is 4.42 Å². The molecular weight excluding hydrogens is 305 g/mol. The van der Waals surface area contributed by atoms with E-state index in [1.54, 1.807) is 0 Å².